The van der Waals surface area contributed by atoms with E-state index in [1.165, 1.54) is 0 Å². The van der Waals surface area contributed by atoms with Crippen molar-refractivity contribution in [2.45, 2.75) is 71.6 Å². The van der Waals surface area contributed by atoms with Gasteiger partial charge in [-0.15, -0.1) is 0 Å². The number of rotatable bonds is 3. The van der Waals surface area contributed by atoms with Gasteiger partial charge in [0.25, 0.3) is 0 Å². The molecule has 0 saturated heterocycles. The molecule has 0 aromatic rings. The summed E-state index contributed by atoms with van der Waals surface area (Å²) in [6.45, 7) is 10.2. The normalized spacial score (nSPS) is 14.6. The monoisotopic (exact) mass is 242 g/mol. The van der Waals surface area contributed by atoms with Crippen LogP contribution < -0.4 is 0 Å². The van der Waals surface area contributed by atoms with E-state index >= 15 is 0 Å². The van der Waals surface area contributed by atoms with Crippen molar-refractivity contribution in [2.24, 2.45) is 0 Å². The highest BCUT2D eigenvalue weighted by Gasteiger charge is 2.36. The van der Waals surface area contributed by atoms with E-state index in [1.807, 2.05) is 0 Å². The third-order valence-corrected chi connectivity index (χ3v) is 1.37. The van der Waals surface area contributed by atoms with Gasteiger partial charge in [0.2, 0.25) is 0 Å². The Balaban J connectivity index is 4.53. The van der Waals surface area contributed by atoms with Gasteiger partial charge in [0, 0.05) is 0 Å². The SMILES string of the molecule is CC(C)(C)OC(CC(F)(F)F)OC(C)(C)C. The van der Waals surface area contributed by atoms with Crippen LogP contribution in [0.1, 0.15) is 48.0 Å². The average molecular weight is 242 g/mol. The third kappa shape index (κ3) is 10.2. The molecule has 2 nitrogen and oxygen atoms in total. The first-order chi connectivity index (χ1) is 6.79. The van der Waals surface area contributed by atoms with Crippen LogP contribution in [0.4, 0.5) is 13.2 Å². The van der Waals surface area contributed by atoms with E-state index in [1.54, 1.807) is 41.5 Å². The number of ether oxygens (including phenoxy) is 2. The summed E-state index contributed by atoms with van der Waals surface area (Å²) in [5.41, 5.74) is -1.33. The van der Waals surface area contributed by atoms with Gasteiger partial charge in [-0.2, -0.15) is 13.2 Å². The fourth-order valence-corrected chi connectivity index (χ4v) is 1.09. The first-order valence-corrected chi connectivity index (χ1v) is 5.21. The Morgan fingerprint density at radius 1 is 0.812 bits per heavy atom. The van der Waals surface area contributed by atoms with Crippen molar-refractivity contribution in [3.05, 3.63) is 0 Å². The molecule has 0 rings (SSSR count). The summed E-state index contributed by atoms with van der Waals surface area (Å²) in [5, 5.41) is 0. The predicted octanol–water partition coefficient (Wildman–Crippen LogP) is 3.90. The molecule has 0 unspecified atom stereocenters. The van der Waals surface area contributed by atoms with Crippen LogP contribution in [0.15, 0.2) is 0 Å². The molecule has 0 N–H and O–H groups in total. The van der Waals surface area contributed by atoms with Crippen LogP contribution in [0.2, 0.25) is 0 Å². The fraction of sp³-hybridized carbons (Fsp3) is 1.00. The molecule has 0 aliphatic carbocycles. The number of alkyl halides is 3. The maximum absolute atomic E-state index is 12.3. The lowest BCUT2D eigenvalue weighted by Crippen LogP contribution is -2.37. The molecule has 0 aliphatic rings. The van der Waals surface area contributed by atoms with Crippen molar-refractivity contribution in [1.82, 2.24) is 0 Å². The molecular formula is C11H21F3O2. The van der Waals surface area contributed by atoms with E-state index < -0.39 is 30.1 Å². The van der Waals surface area contributed by atoms with E-state index in [4.69, 9.17) is 9.47 Å². The van der Waals surface area contributed by atoms with Gasteiger partial charge in [-0.1, -0.05) is 0 Å². The molecule has 0 spiro atoms. The van der Waals surface area contributed by atoms with Gasteiger partial charge < -0.3 is 9.47 Å². The van der Waals surface area contributed by atoms with Gasteiger partial charge in [-0.25, -0.2) is 0 Å². The number of hydrogen-bond donors (Lipinski definition) is 0. The minimum absolute atomic E-state index is 0.666. The molecule has 0 aliphatic heterocycles. The quantitative estimate of drug-likeness (QED) is 0.699. The Morgan fingerprint density at radius 3 is 1.31 bits per heavy atom. The first-order valence-electron chi connectivity index (χ1n) is 5.21. The number of halogens is 3. The van der Waals surface area contributed by atoms with Gasteiger partial charge >= 0.3 is 6.18 Å². The van der Waals surface area contributed by atoms with Crippen molar-refractivity contribution >= 4 is 0 Å². The van der Waals surface area contributed by atoms with Gasteiger partial charge in [0.15, 0.2) is 6.29 Å². The molecule has 0 aromatic heterocycles. The van der Waals surface area contributed by atoms with Crippen LogP contribution in [0.5, 0.6) is 0 Å². The van der Waals surface area contributed by atoms with Gasteiger partial charge in [-0.3, -0.25) is 0 Å². The van der Waals surface area contributed by atoms with Crippen LogP contribution in [-0.2, 0) is 9.47 Å². The van der Waals surface area contributed by atoms with Gasteiger partial charge in [0.05, 0.1) is 17.6 Å². The lowest BCUT2D eigenvalue weighted by molar-refractivity contribution is -0.273. The summed E-state index contributed by atoms with van der Waals surface area (Å²) in [4.78, 5) is 0. The summed E-state index contributed by atoms with van der Waals surface area (Å²) in [6, 6.07) is 0. The molecule has 0 radical (unpaired) electrons. The molecular weight excluding hydrogens is 221 g/mol. The minimum atomic E-state index is -4.29. The molecule has 0 amide bonds. The lowest BCUT2D eigenvalue weighted by atomic mass is 10.1. The fourth-order valence-electron chi connectivity index (χ4n) is 1.09. The van der Waals surface area contributed by atoms with E-state index in [0.717, 1.165) is 0 Å². The average Bonchev–Trinajstić information content (AvgIpc) is 1.70. The maximum Gasteiger partial charge on any atom is 0.393 e. The predicted molar refractivity (Wildman–Crippen MR) is 56.1 cm³/mol. The van der Waals surface area contributed by atoms with E-state index in [-0.39, 0.29) is 0 Å². The first kappa shape index (κ1) is 15.7. The Bertz CT molecular complexity index is 173. The number of hydrogen-bond acceptors (Lipinski definition) is 2. The minimum Gasteiger partial charge on any atom is -0.347 e. The largest absolute Gasteiger partial charge is 0.393 e. The Labute approximate surface area is 95.1 Å². The molecule has 0 heterocycles. The summed E-state index contributed by atoms with van der Waals surface area (Å²) in [6.07, 6.45) is -6.65. The molecule has 0 atom stereocenters. The van der Waals surface area contributed by atoms with Crippen molar-refractivity contribution in [3.63, 3.8) is 0 Å². The second kappa shape index (κ2) is 4.92. The zero-order chi connectivity index (χ0) is 13.2. The summed E-state index contributed by atoms with van der Waals surface area (Å²) in [5.74, 6) is 0. The Hall–Kier alpha value is -0.290. The molecule has 0 saturated carbocycles. The highest BCUT2D eigenvalue weighted by Crippen LogP contribution is 2.28. The molecule has 0 aromatic carbocycles. The maximum atomic E-state index is 12.3. The van der Waals surface area contributed by atoms with E-state index in [2.05, 4.69) is 0 Å². The van der Waals surface area contributed by atoms with Crippen LogP contribution in [0.25, 0.3) is 0 Å². The standard InChI is InChI=1S/C11H21F3O2/c1-9(2,3)15-8(7-11(12,13)14)16-10(4,5)6/h8H,7H2,1-6H3. The Kier molecular flexibility index (Phi) is 4.83. The van der Waals surface area contributed by atoms with Crippen molar-refractivity contribution < 1.29 is 22.6 Å². The van der Waals surface area contributed by atoms with Gasteiger partial charge in [0.1, 0.15) is 0 Å². The van der Waals surface area contributed by atoms with Crippen molar-refractivity contribution in [1.29, 1.82) is 0 Å². The van der Waals surface area contributed by atoms with Crippen molar-refractivity contribution in [3.8, 4) is 0 Å². The highest BCUT2D eigenvalue weighted by atomic mass is 19.4. The van der Waals surface area contributed by atoms with Crippen LogP contribution in [-0.4, -0.2) is 23.7 Å². The zero-order valence-electron chi connectivity index (χ0n) is 10.7. The summed E-state index contributed by atoms with van der Waals surface area (Å²) >= 11 is 0. The molecule has 16 heavy (non-hydrogen) atoms. The summed E-state index contributed by atoms with van der Waals surface area (Å²) < 4.78 is 47.4. The third-order valence-electron chi connectivity index (χ3n) is 1.37. The Morgan fingerprint density at radius 2 is 1.12 bits per heavy atom. The molecule has 98 valence electrons. The second-order valence-electron chi connectivity index (χ2n) is 5.71. The highest BCUT2D eigenvalue weighted by molar-refractivity contribution is 4.68. The van der Waals surface area contributed by atoms with E-state index in [9.17, 15) is 13.2 Å². The zero-order valence-corrected chi connectivity index (χ0v) is 10.7. The van der Waals surface area contributed by atoms with Gasteiger partial charge in [-0.05, 0) is 41.5 Å². The van der Waals surface area contributed by atoms with E-state index in [0.29, 0.717) is 0 Å². The molecule has 5 heteroatoms. The van der Waals surface area contributed by atoms with Crippen LogP contribution in [0.3, 0.4) is 0 Å². The topological polar surface area (TPSA) is 18.5 Å². The van der Waals surface area contributed by atoms with Crippen LogP contribution >= 0.6 is 0 Å². The molecule has 0 bridgehead atoms. The second-order valence-corrected chi connectivity index (χ2v) is 5.71. The van der Waals surface area contributed by atoms with Crippen LogP contribution in [0, 0.1) is 0 Å². The van der Waals surface area contributed by atoms with Crippen molar-refractivity contribution in [2.75, 3.05) is 0 Å². The summed E-state index contributed by atoms with van der Waals surface area (Å²) in [7, 11) is 0. The smallest absolute Gasteiger partial charge is 0.347 e. The lowest BCUT2D eigenvalue weighted by Gasteiger charge is -2.33. The molecule has 0 fully saturated rings.